The number of benzene rings is 4. The maximum absolute atomic E-state index is 2.47. The van der Waals surface area contributed by atoms with E-state index in [1.54, 1.807) is 11.1 Å². The molecule has 0 amide bonds. The SMILES string of the molecule is C[C@H]1c2c(ccc3ccccc23)CC[C@@H]1Cc1cccc2ccc3c(c12)C=CCC3. The molecule has 0 bridgehead atoms. The molecule has 0 nitrogen and oxygen atoms in total. The average molecular weight is 389 g/mol. The highest BCUT2D eigenvalue weighted by atomic mass is 14.3. The van der Waals surface area contributed by atoms with Gasteiger partial charge in [-0.25, -0.2) is 0 Å². The van der Waals surface area contributed by atoms with E-state index < -0.39 is 0 Å². The third-order valence-electron chi connectivity index (χ3n) is 7.62. The van der Waals surface area contributed by atoms with E-state index in [4.69, 9.17) is 0 Å². The molecule has 0 unspecified atom stereocenters. The molecule has 0 N–H and O–H groups in total. The first-order valence-electron chi connectivity index (χ1n) is 11.5. The quantitative estimate of drug-likeness (QED) is 0.328. The van der Waals surface area contributed by atoms with Gasteiger partial charge in [-0.2, -0.15) is 0 Å². The molecule has 0 radical (unpaired) electrons. The molecular weight excluding hydrogens is 360 g/mol. The molecule has 0 spiro atoms. The van der Waals surface area contributed by atoms with Crippen LogP contribution in [-0.4, -0.2) is 0 Å². The van der Waals surface area contributed by atoms with Crippen LogP contribution in [0.4, 0.5) is 0 Å². The topological polar surface area (TPSA) is 0 Å². The third kappa shape index (κ3) is 2.82. The number of allylic oxidation sites excluding steroid dienone is 1. The van der Waals surface area contributed by atoms with Gasteiger partial charge >= 0.3 is 0 Å². The minimum absolute atomic E-state index is 0.588. The molecule has 0 saturated carbocycles. The standard InChI is InChI=1S/C30H28/c1-20-25(18-17-24-16-14-21-7-2-4-11-27(21)29(20)24)19-26-10-6-9-23-15-13-22-8-3-5-12-28(22)30(23)26/h2,4-7,9-16,20,25H,3,8,17-19H2,1H3/t20-,25-/m1/s1. The van der Waals surface area contributed by atoms with E-state index in [1.165, 1.54) is 70.3 Å². The lowest BCUT2D eigenvalue weighted by Gasteiger charge is -2.33. The Bertz CT molecular complexity index is 1290. The molecule has 2 aliphatic rings. The van der Waals surface area contributed by atoms with Crippen LogP contribution in [-0.2, 0) is 19.3 Å². The molecule has 0 heteroatoms. The van der Waals surface area contributed by atoms with E-state index in [0.717, 1.165) is 0 Å². The lowest BCUT2D eigenvalue weighted by Crippen LogP contribution is -2.21. The van der Waals surface area contributed by atoms with Gasteiger partial charge in [0.15, 0.2) is 0 Å². The van der Waals surface area contributed by atoms with Crippen molar-refractivity contribution in [3.05, 3.63) is 101 Å². The molecule has 0 aliphatic heterocycles. The first-order chi connectivity index (χ1) is 14.8. The summed E-state index contributed by atoms with van der Waals surface area (Å²) in [5.74, 6) is 1.28. The van der Waals surface area contributed by atoms with Crippen molar-refractivity contribution in [1.82, 2.24) is 0 Å². The maximum atomic E-state index is 2.47. The number of rotatable bonds is 2. The van der Waals surface area contributed by atoms with Crippen molar-refractivity contribution >= 4 is 27.6 Å². The zero-order valence-corrected chi connectivity index (χ0v) is 17.7. The summed E-state index contributed by atoms with van der Waals surface area (Å²) in [6.07, 6.45) is 10.7. The average Bonchev–Trinajstić information content (AvgIpc) is 2.80. The first-order valence-corrected chi connectivity index (χ1v) is 11.5. The summed E-state index contributed by atoms with van der Waals surface area (Å²) in [7, 11) is 0. The van der Waals surface area contributed by atoms with Crippen molar-refractivity contribution < 1.29 is 0 Å². The number of hydrogen-bond donors (Lipinski definition) is 0. The van der Waals surface area contributed by atoms with E-state index in [-0.39, 0.29) is 0 Å². The molecule has 0 fully saturated rings. The van der Waals surface area contributed by atoms with Crippen molar-refractivity contribution in [1.29, 1.82) is 0 Å². The summed E-state index contributed by atoms with van der Waals surface area (Å²) in [6.45, 7) is 2.47. The van der Waals surface area contributed by atoms with Crippen molar-refractivity contribution in [2.75, 3.05) is 0 Å². The first kappa shape index (κ1) is 18.0. The molecule has 0 saturated heterocycles. The third-order valence-corrected chi connectivity index (χ3v) is 7.62. The minimum Gasteiger partial charge on any atom is -0.0836 e. The van der Waals surface area contributed by atoms with E-state index in [2.05, 4.69) is 85.8 Å². The van der Waals surface area contributed by atoms with Crippen molar-refractivity contribution in [2.24, 2.45) is 5.92 Å². The molecule has 0 aromatic heterocycles. The Kier molecular flexibility index (Phi) is 4.27. The number of hydrogen-bond acceptors (Lipinski definition) is 0. The lowest BCUT2D eigenvalue weighted by molar-refractivity contribution is 0.392. The molecule has 4 aromatic rings. The van der Waals surface area contributed by atoms with Crippen LogP contribution in [0.15, 0.2) is 72.8 Å². The van der Waals surface area contributed by atoms with Gasteiger partial charge in [-0.15, -0.1) is 0 Å². The minimum atomic E-state index is 0.588. The van der Waals surface area contributed by atoms with E-state index in [9.17, 15) is 0 Å². The predicted molar refractivity (Wildman–Crippen MR) is 129 cm³/mol. The highest BCUT2D eigenvalue weighted by molar-refractivity contribution is 5.95. The fourth-order valence-corrected chi connectivity index (χ4v) is 6.03. The normalized spacial score (nSPS) is 20.3. The second kappa shape index (κ2) is 7.13. The Balaban J connectivity index is 1.43. The van der Waals surface area contributed by atoms with E-state index >= 15 is 0 Å². The van der Waals surface area contributed by atoms with Crippen LogP contribution >= 0.6 is 0 Å². The Labute approximate surface area is 179 Å². The van der Waals surface area contributed by atoms with Crippen LogP contribution in [0.2, 0.25) is 0 Å². The van der Waals surface area contributed by atoms with Gasteiger partial charge in [-0.3, -0.25) is 0 Å². The maximum Gasteiger partial charge on any atom is -0.00766 e. The van der Waals surface area contributed by atoms with E-state index in [0.29, 0.717) is 11.8 Å². The second-order valence-electron chi connectivity index (χ2n) is 9.25. The Morgan fingerprint density at radius 3 is 2.60 bits per heavy atom. The Hall–Kier alpha value is -2.86. The van der Waals surface area contributed by atoms with Gasteiger partial charge in [0.1, 0.15) is 0 Å². The van der Waals surface area contributed by atoms with Gasteiger partial charge in [0.05, 0.1) is 0 Å². The summed E-state index contributed by atoms with van der Waals surface area (Å²) < 4.78 is 0. The van der Waals surface area contributed by atoms with Crippen LogP contribution < -0.4 is 0 Å². The van der Waals surface area contributed by atoms with Gasteiger partial charge in [0, 0.05) is 0 Å². The van der Waals surface area contributed by atoms with Crippen molar-refractivity contribution in [3.63, 3.8) is 0 Å². The molecule has 148 valence electrons. The van der Waals surface area contributed by atoms with Crippen LogP contribution in [0.25, 0.3) is 27.6 Å². The zero-order valence-electron chi connectivity index (χ0n) is 17.7. The molecule has 2 atom stereocenters. The number of aryl methyl sites for hydroxylation is 2. The van der Waals surface area contributed by atoms with Gasteiger partial charge in [-0.1, -0.05) is 85.8 Å². The van der Waals surface area contributed by atoms with Crippen LogP contribution in [0, 0.1) is 5.92 Å². The van der Waals surface area contributed by atoms with Crippen LogP contribution in [0.3, 0.4) is 0 Å². The summed E-state index contributed by atoms with van der Waals surface area (Å²) in [5.41, 5.74) is 7.70. The van der Waals surface area contributed by atoms with Gasteiger partial charge < -0.3 is 0 Å². The summed E-state index contributed by atoms with van der Waals surface area (Å²) >= 11 is 0. The van der Waals surface area contributed by atoms with Gasteiger partial charge in [0.2, 0.25) is 0 Å². The molecule has 0 heterocycles. The Morgan fingerprint density at radius 2 is 1.63 bits per heavy atom. The van der Waals surface area contributed by atoms with Crippen LogP contribution in [0.5, 0.6) is 0 Å². The largest absolute Gasteiger partial charge is 0.0836 e. The molecule has 4 aromatic carbocycles. The molecule has 6 rings (SSSR count). The fraction of sp³-hybridized carbons (Fsp3) is 0.267. The monoisotopic (exact) mass is 388 g/mol. The Morgan fingerprint density at radius 1 is 0.800 bits per heavy atom. The second-order valence-corrected chi connectivity index (χ2v) is 9.25. The summed E-state index contributed by atoms with van der Waals surface area (Å²) in [4.78, 5) is 0. The van der Waals surface area contributed by atoms with E-state index in [1.807, 2.05) is 0 Å². The zero-order chi connectivity index (χ0) is 20.1. The molecular formula is C30H28. The summed E-state index contributed by atoms with van der Waals surface area (Å²) in [5, 5.41) is 5.74. The number of fused-ring (bicyclic) bond motifs is 6. The smallest absolute Gasteiger partial charge is 0.00766 e. The molecule has 30 heavy (non-hydrogen) atoms. The highest BCUT2D eigenvalue weighted by Gasteiger charge is 2.28. The van der Waals surface area contributed by atoms with Crippen molar-refractivity contribution in [2.45, 2.75) is 44.9 Å². The van der Waals surface area contributed by atoms with Crippen molar-refractivity contribution in [3.8, 4) is 0 Å². The van der Waals surface area contributed by atoms with Crippen LogP contribution in [0.1, 0.15) is 53.5 Å². The summed E-state index contributed by atoms with van der Waals surface area (Å²) in [6, 6.07) is 25.2. The fourth-order valence-electron chi connectivity index (χ4n) is 6.03. The predicted octanol–water partition coefficient (Wildman–Crippen LogP) is 7.86. The molecule has 2 aliphatic carbocycles. The highest BCUT2D eigenvalue weighted by Crippen LogP contribution is 2.42. The van der Waals surface area contributed by atoms with Gasteiger partial charge in [0.25, 0.3) is 0 Å². The van der Waals surface area contributed by atoms with Gasteiger partial charge in [-0.05, 0) is 93.3 Å². The lowest BCUT2D eigenvalue weighted by atomic mass is 9.71.